The topological polar surface area (TPSA) is 29.6 Å². The molecule has 1 unspecified atom stereocenters. The molecule has 1 fully saturated rings. The maximum atomic E-state index is 11.9. The van der Waals surface area contributed by atoms with Crippen molar-refractivity contribution in [2.75, 3.05) is 6.61 Å². The lowest BCUT2D eigenvalue weighted by Gasteiger charge is -1.99. The standard InChI is InChI=1S/C18H16O2/c19-18(16-4-2-1-3-5-16)11-10-14-6-8-15(9-7-14)12-17-13-20-17/h1-11,17H,12-13H2. The normalized spacial score (nSPS) is 17.3. The van der Waals surface area contributed by atoms with Crippen LogP contribution in [0.15, 0.2) is 60.7 Å². The predicted octanol–water partition coefficient (Wildman–Crippen LogP) is 3.52. The van der Waals surface area contributed by atoms with E-state index in [1.807, 2.05) is 48.5 Å². The third-order valence-corrected chi connectivity index (χ3v) is 3.33. The van der Waals surface area contributed by atoms with Crippen molar-refractivity contribution < 1.29 is 9.53 Å². The molecule has 1 aliphatic heterocycles. The smallest absolute Gasteiger partial charge is 0.185 e. The number of epoxide rings is 1. The van der Waals surface area contributed by atoms with E-state index >= 15 is 0 Å². The van der Waals surface area contributed by atoms with Gasteiger partial charge in [-0.2, -0.15) is 0 Å². The van der Waals surface area contributed by atoms with E-state index < -0.39 is 0 Å². The maximum Gasteiger partial charge on any atom is 0.185 e. The summed E-state index contributed by atoms with van der Waals surface area (Å²) >= 11 is 0. The molecule has 0 radical (unpaired) electrons. The van der Waals surface area contributed by atoms with Gasteiger partial charge in [-0.1, -0.05) is 60.7 Å². The minimum Gasteiger partial charge on any atom is -0.373 e. The van der Waals surface area contributed by atoms with Gasteiger partial charge in [0, 0.05) is 12.0 Å². The quantitative estimate of drug-likeness (QED) is 0.470. The van der Waals surface area contributed by atoms with Crippen LogP contribution in [0.5, 0.6) is 0 Å². The first-order valence-corrected chi connectivity index (χ1v) is 6.79. The first-order valence-electron chi connectivity index (χ1n) is 6.79. The predicted molar refractivity (Wildman–Crippen MR) is 79.7 cm³/mol. The summed E-state index contributed by atoms with van der Waals surface area (Å²) in [4.78, 5) is 11.9. The van der Waals surface area contributed by atoms with Crippen LogP contribution in [-0.2, 0) is 11.2 Å². The van der Waals surface area contributed by atoms with Gasteiger partial charge in [0.2, 0.25) is 0 Å². The van der Waals surface area contributed by atoms with Crippen molar-refractivity contribution in [1.82, 2.24) is 0 Å². The lowest BCUT2D eigenvalue weighted by Crippen LogP contribution is -1.93. The van der Waals surface area contributed by atoms with Crippen LogP contribution in [0.1, 0.15) is 21.5 Å². The van der Waals surface area contributed by atoms with Crippen molar-refractivity contribution >= 4 is 11.9 Å². The van der Waals surface area contributed by atoms with Crippen LogP contribution in [0, 0.1) is 0 Å². The van der Waals surface area contributed by atoms with Gasteiger partial charge in [0.25, 0.3) is 0 Å². The monoisotopic (exact) mass is 264 g/mol. The lowest BCUT2D eigenvalue weighted by atomic mass is 10.1. The highest BCUT2D eigenvalue weighted by Crippen LogP contribution is 2.17. The number of benzene rings is 2. The van der Waals surface area contributed by atoms with Gasteiger partial charge in [-0.15, -0.1) is 0 Å². The molecule has 1 aliphatic rings. The van der Waals surface area contributed by atoms with Crippen LogP contribution in [0.25, 0.3) is 6.08 Å². The second-order valence-corrected chi connectivity index (χ2v) is 4.96. The molecule has 1 atom stereocenters. The van der Waals surface area contributed by atoms with E-state index in [-0.39, 0.29) is 5.78 Å². The van der Waals surface area contributed by atoms with E-state index in [9.17, 15) is 4.79 Å². The molecule has 2 heteroatoms. The molecule has 0 amide bonds. The molecular formula is C18H16O2. The van der Waals surface area contributed by atoms with Crippen molar-refractivity contribution in [1.29, 1.82) is 0 Å². The molecule has 2 aromatic carbocycles. The summed E-state index contributed by atoms with van der Waals surface area (Å²) in [5.74, 6) is 0.0288. The number of carbonyl (C=O) groups is 1. The first kappa shape index (κ1) is 12.8. The number of rotatable bonds is 5. The Morgan fingerprint density at radius 2 is 1.80 bits per heavy atom. The number of ether oxygens (including phenoxy) is 1. The van der Waals surface area contributed by atoms with Crippen LogP contribution < -0.4 is 0 Å². The molecule has 3 rings (SSSR count). The largest absolute Gasteiger partial charge is 0.373 e. The molecule has 1 heterocycles. The molecule has 0 aliphatic carbocycles. The highest BCUT2D eigenvalue weighted by Gasteiger charge is 2.22. The SMILES string of the molecule is O=C(C=Cc1ccc(CC2CO2)cc1)c1ccccc1. The highest BCUT2D eigenvalue weighted by atomic mass is 16.6. The Morgan fingerprint density at radius 3 is 2.45 bits per heavy atom. The van der Waals surface area contributed by atoms with Crippen molar-refractivity contribution in [3.8, 4) is 0 Å². The maximum absolute atomic E-state index is 11.9. The average molecular weight is 264 g/mol. The lowest BCUT2D eigenvalue weighted by molar-refractivity contribution is 0.104. The van der Waals surface area contributed by atoms with Gasteiger partial charge in [-0.3, -0.25) is 4.79 Å². The Balaban J connectivity index is 1.64. The van der Waals surface area contributed by atoms with E-state index in [1.165, 1.54) is 5.56 Å². The third kappa shape index (κ3) is 3.43. The van der Waals surface area contributed by atoms with Crippen LogP contribution in [-0.4, -0.2) is 18.5 Å². The Morgan fingerprint density at radius 1 is 1.10 bits per heavy atom. The molecule has 0 bridgehead atoms. The van der Waals surface area contributed by atoms with Gasteiger partial charge >= 0.3 is 0 Å². The minimum atomic E-state index is 0.0288. The summed E-state index contributed by atoms with van der Waals surface area (Å²) in [6.07, 6.45) is 4.87. The molecule has 1 saturated heterocycles. The summed E-state index contributed by atoms with van der Waals surface area (Å²) in [7, 11) is 0. The summed E-state index contributed by atoms with van der Waals surface area (Å²) in [5.41, 5.74) is 3.03. The van der Waals surface area contributed by atoms with Crippen molar-refractivity contribution in [2.24, 2.45) is 0 Å². The van der Waals surface area contributed by atoms with Gasteiger partial charge in [0.05, 0.1) is 12.7 Å². The van der Waals surface area contributed by atoms with Crippen LogP contribution in [0.2, 0.25) is 0 Å². The summed E-state index contributed by atoms with van der Waals surface area (Å²) < 4.78 is 5.21. The second-order valence-electron chi connectivity index (χ2n) is 4.96. The zero-order valence-corrected chi connectivity index (χ0v) is 11.2. The molecule has 0 saturated carbocycles. The molecular weight excluding hydrogens is 248 g/mol. The Bertz CT molecular complexity index is 608. The molecule has 100 valence electrons. The van der Waals surface area contributed by atoms with Gasteiger partial charge in [-0.25, -0.2) is 0 Å². The van der Waals surface area contributed by atoms with Gasteiger partial charge < -0.3 is 4.74 Å². The Hall–Kier alpha value is -2.19. The van der Waals surface area contributed by atoms with Crippen LogP contribution in [0.4, 0.5) is 0 Å². The number of carbonyl (C=O) groups excluding carboxylic acids is 1. The molecule has 0 N–H and O–H groups in total. The summed E-state index contributed by atoms with van der Waals surface area (Å²) in [6, 6.07) is 17.5. The molecule has 0 spiro atoms. The summed E-state index contributed by atoms with van der Waals surface area (Å²) in [6.45, 7) is 0.882. The van der Waals surface area contributed by atoms with Crippen molar-refractivity contribution in [2.45, 2.75) is 12.5 Å². The fourth-order valence-corrected chi connectivity index (χ4v) is 2.08. The van der Waals surface area contributed by atoms with E-state index in [2.05, 4.69) is 12.1 Å². The fraction of sp³-hybridized carbons (Fsp3) is 0.167. The number of ketones is 1. The fourth-order valence-electron chi connectivity index (χ4n) is 2.08. The van der Waals surface area contributed by atoms with Crippen LogP contribution in [0.3, 0.4) is 0 Å². The minimum absolute atomic E-state index is 0.0288. The average Bonchev–Trinajstić information content (AvgIpc) is 3.31. The van der Waals surface area contributed by atoms with E-state index in [1.54, 1.807) is 6.08 Å². The molecule has 2 nitrogen and oxygen atoms in total. The highest BCUT2D eigenvalue weighted by molar-refractivity contribution is 6.06. The molecule has 0 aromatic heterocycles. The van der Waals surface area contributed by atoms with Gasteiger partial charge in [0.15, 0.2) is 5.78 Å². The Labute approximate surface area is 118 Å². The first-order chi connectivity index (χ1) is 9.81. The van der Waals surface area contributed by atoms with E-state index in [0.29, 0.717) is 11.7 Å². The molecule has 2 aromatic rings. The Kier molecular flexibility index (Phi) is 3.75. The zero-order chi connectivity index (χ0) is 13.8. The van der Waals surface area contributed by atoms with E-state index in [0.717, 1.165) is 18.6 Å². The summed E-state index contributed by atoms with van der Waals surface area (Å²) in [5, 5.41) is 0. The van der Waals surface area contributed by atoms with Crippen molar-refractivity contribution in [3.05, 3.63) is 77.4 Å². The second kappa shape index (κ2) is 5.85. The van der Waals surface area contributed by atoms with Crippen LogP contribution >= 0.6 is 0 Å². The van der Waals surface area contributed by atoms with Gasteiger partial charge in [0.1, 0.15) is 0 Å². The number of allylic oxidation sites excluding steroid dienone is 1. The molecule has 20 heavy (non-hydrogen) atoms. The number of hydrogen-bond acceptors (Lipinski definition) is 2. The van der Waals surface area contributed by atoms with Gasteiger partial charge in [-0.05, 0) is 17.2 Å². The van der Waals surface area contributed by atoms with E-state index in [4.69, 9.17) is 4.74 Å². The third-order valence-electron chi connectivity index (χ3n) is 3.33. The number of hydrogen-bond donors (Lipinski definition) is 0. The van der Waals surface area contributed by atoms with Crippen molar-refractivity contribution in [3.63, 3.8) is 0 Å². The zero-order valence-electron chi connectivity index (χ0n) is 11.2.